The zero-order valence-corrected chi connectivity index (χ0v) is 16.3. The first-order valence-electron chi connectivity index (χ1n) is 7.00. The van der Waals surface area contributed by atoms with Crippen LogP contribution in [0, 0.1) is 0 Å². The van der Waals surface area contributed by atoms with Gasteiger partial charge in [0.15, 0.2) is 0 Å². The summed E-state index contributed by atoms with van der Waals surface area (Å²) in [6.07, 6.45) is 0.601. The molecule has 2 bridgehead atoms. The Bertz CT molecular complexity index is 602. The van der Waals surface area contributed by atoms with Gasteiger partial charge in [-0.2, -0.15) is 0 Å². The van der Waals surface area contributed by atoms with Gasteiger partial charge in [0.2, 0.25) is 9.70 Å². The van der Waals surface area contributed by atoms with Gasteiger partial charge in [-0.1, -0.05) is 34.8 Å². The molecule has 2 N–H and O–H groups in total. The molecule has 3 aliphatic heterocycles. The van der Waals surface area contributed by atoms with Crippen LogP contribution in [-0.2, 0) is 18.8 Å². The molecular weight excluding hydrogens is 422 g/mol. The van der Waals surface area contributed by atoms with Crippen molar-refractivity contribution in [2.24, 2.45) is 0 Å². The van der Waals surface area contributed by atoms with Crippen molar-refractivity contribution in [2.75, 3.05) is 13.2 Å². The van der Waals surface area contributed by atoms with Gasteiger partial charge in [0, 0.05) is 5.25 Å². The maximum absolute atomic E-state index is 12.5. The summed E-state index contributed by atoms with van der Waals surface area (Å²) in [5, 5.41) is 2.44. The van der Waals surface area contributed by atoms with Crippen LogP contribution in [0.2, 0.25) is 0 Å². The number of nitrogens with zero attached hydrogens (tertiary/aromatic N) is 1. The van der Waals surface area contributed by atoms with E-state index in [2.05, 4.69) is 5.09 Å². The standard InChI is InChI=1S/C12H14Cl3N2O5PS/c1-5-6-2-3-22-23(20)16-7-9(18)17(10(7)24-6)8(5)11(19)21-4-12(13,14)15/h6-7,10,16,20H,2-4H2,1H3/t6?,7-,10-,23?/m0/s1. The molecule has 0 radical (unpaired) electrons. The van der Waals surface area contributed by atoms with Gasteiger partial charge in [-0.15, -0.1) is 11.8 Å². The number of esters is 1. The van der Waals surface area contributed by atoms with Crippen molar-refractivity contribution >= 4 is 67.0 Å². The van der Waals surface area contributed by atoms with E-state index < -0.39 is 30.9 Å². The lowest BCUT2D eigenvalue weighted by Gasteiger charge is -2.51. The topological polar surface area (TPSA) is 88.1 Å². The molecule has 134 valence electrons. The van der Waals surface area contributed by atoms with Gasteiger partial charge >= 0.3 is 5.97 Å². The highest BCUT2D eigenvalue weighted by atomic mass is 35.6. The smallest absolute Gasteiger partial charge is 0.355 e. The van der Waals surface area contributed by atoms with Gasteiger partial charge in [0.25, 0.3) is 8.53 Å². The fourth-order valence-corrected chi connectivity index (χ4v) is 5.40. The fourth-order valence-electron chi connectivity index (χ4n) is 2.73. The third kappa shape index (κ3) is 3.67. The summed E-state index contributed by atoms with van der Waals surface area (Å²) < 4.78 is 8.62. The van der Waals surface area contributed by atoms with Crippen LogP contribution >= 0.6 is 55.1 Å². The molecule has 1 amide bonds. The zero-order valence-electron chi connectivity index (χ0n) is 12.4. The van der Waals surface area contributed by atoms with E-state index in [0.717, 1.165) is 0 Å². The normalized spacial score (nSPS) is 33.4. The van der Waals surface area contributed by atoms with Gasteiger partial charge in [0.05, 0.1) is 6.61 Å². The number of hydrogen-bond acceptors (Lipinski definition) is 7. The largest absolute Gasteiger partial charge is 0.456 e. The lowest BCUT2D eigenvalue weighted by atomic mass is 10.0. The Morgan fingerprint density at radius 2 is 2.29 bits per heavy atom. The highest BCUT2D eigenvalue weighted by molar-refractivity contribution is 8.00. The quantitative estimate of drug-likeness (QED) is 0.297. The maximum Gasteiger partial charge on any atom is 0.355 e. The minimum absolute atomic E-state index is 0.0274. The predicted octanol–water partition coefficient (Wildman–Crippen LogP) is 2.06. The number of hydrogen-bond donors (Lipinski definition) is 2. The summed E-state index contributed by atoms with van der Waals surface area (Å²) in [6, 6.07) is -0.601. The van der Waals surface area contributed by atoms with Crippen LogP contribution in [-0.4, -0.2) is 55.3 Å². The second kappa shape index (κ2) is 7.08. The van der Waals surface area contributed by atoms with Crippen LogP contribution in [0.3, 0.4) is 0 Å². The fraction of sp³-hybridized carbons (Fsp3) is 0.667. The van der Waals surface area contributed by atoms with Crippen LogP contribution in [0.1, 0.15) is 13.3 Å². The third-order valence-electron chi connectivity index (χ3n) is 3.85. The van der Waals surface area contributed by atoms with E-state index in [0.29, 0.717) is 18.6 Å². The van der Waals surface area contributed by atoms with Crippen molar-refractivity contribution in [2.45, 2.75) is 33.8 Å². The van der Waals surface area contributed by atoms with Crippen LogP contribution in [0.4, 0.5) is 0 Å². The molecule has 3 rings (SSSR count). The highest BCUT2D eigenvalue weighted by Gasteiger charge is 2.56. The second-order valence-electron chi connectivity index (χ2n) is 5.45. The molecule has 0 saturated carbocycles. The Kier molecular flexibility index (Phi) is 5.60. The van der Waals surface area contributed by atoms with E-state index >= 15 is 0 Å². The molecule has 2 unspecified atom stereocenters. The Morgan fingerprint density at radius 1 is 1.58 bits per heavy atom. The molecule has 12 heteroatoms. The van der Waals surface area contributed by atoms with Crippen molar-refractivity contribution in [1.82, 2.24) is 9.99 Å². The summed E-state index contributed by atoms with van der Waals surface area (Å²) in [6.45, 7) is 1.67. The molecule has 4 atom stereocenters. The number of halogens is 3. The summed E-state index contributed by atoms with van der Waals surface area (Å²) in [5.74, 6) is -1.02. The summed E-state index contributed by atoms with van der Waals surface area (Å²) in [7, 11) is -1.87. The van der Waals surface area contributed by atoms with Crippen molar-refractivity contribution in [1.29, 1.82) is 0 Å². The van der Waals surface area contributed by atoms with E-state index in [-0.39, 0.29) is 22.2 Å². The Hall–Kier alpha value is 0.210. The average molecular weight is 436 g/mol. The number of thioether (sulfide) groups is 1. The molecule has 24 heavy (non-hydrogen) atoms. The minimum atomic E-state index is -1.87. The average Bonchev–Trinajstić information content (AvgIpc) is 2.54. The minimum Gasteiger partial charge on any atom is -0.456 e. The number of carbonyl (C=O) groups excluding carboxylic acids is 2. The van der Waals surface area contributed by atoms with E-state index in [1.165, 1.54) is 4.90 Å². The predicted molar refractivity (Wildman–Crippen MR) is 92.6 cm³/mol. The summed E-state index contributed by atoms with van der Waals surface area (Å²) >= 11 is 18.4. The van der Waals surface area contributed by atoms with Gasteiger partial charge < -0.3 is 14.2 Å². The van der Waals surface area contributed by atoms with Gasteiger partial charge in [-0.3, -0.25) is 9.69 Å². The summed E-state index contributed by atoms with van der Waals surface area (Å²) in [5.41, 5.74) is 0.898. The molecule has 3 heterocycles. The molecule has 7 nitrogen and oxygen atoms in total. The molecule has 0 aromatic heterocycles. The van der Waals surface area contributed by atoms with Crippen molar-refractivity contribution in [3.05, 3.63) is 11.3 Å². The van der Waals surface area contributed by atoms with Crippen molar-refractivity contribution in [3.63, 3.8) is 0 Å². The molecule has 0 aliphatic carbocycles. The Morgan fingerprint density at radius 3 is 2.96 bits per heavy atom. The first kappa shape index (κ1) is 19.0. The maximum atomic E-state index is 12.5. The van der Waals surface area contributed by atoms with Crippen LogP contribution in [0.5, 0.6) is 0 Å². The van der Waals surface area contributed by atoms with Gasteiger partial charge in [-0.05, 0) is 18.9 Å². The third-order valence-corrected chi connectivity index (χ3v) is 6.78. The van der Waals surface area contributed by atoms with E-state index in [1.54, 1.807) is 18.7 Å². The number of nitrogens with one attached hydrogen (secondary N) is 1. The van der Waals surface area contributed by atoms with E-state index in [9.17, 15) is 14.5 Å². The number of carbonyl (C=O) groups is 2. The molecule has 2 fully saturated rings. The van der Waals surface area contributed by atoms with Crippen molar-refractivity contribution < 1.29 is 23.7 Å². The zero-order chi connectivity index (χ0) is 17.6. The lowest BCUT2D eigenvalue weighted by Crippen LogP contribution is -2.69. The van der Waals surface area contributed by atoms with E-state index in [4.69, 9.17) is 44.1 Å². The molecule has 3 aliphatic rings. The lowest BCUT2D eigenvalue weighted by molar-refractivity contribution is -0.151. The van der Waals surface area contributed by atoms with Crippen LogP contribution < -0.4 is 5.09 Å². The van der Waals surface area contributed by atoms with E-state index in [1.807, 2.05) is 0 Å². The number of amides is 1. The number of β-lactam (4-membered cyclic amide) rings is 1. The second-order valence-corrected chi connectivity index (χ2v) is 10.4. The molecule has 0 spiro atoms. The number of fused-ring (bicyclic) bond motifs is 1. The molecule has 0 aromatic carbocycles. The van der Waals surface area contributed by atoms with Crippen LogP contribution in [0.15, 0.2) is 11.3 Å². The SMILES string of the molecule is CC1=C(C(=O)OCC(Cl)(Cl)Cl)N2C(=O)[C@@H]3NP(O)OCCC1S[C@@H]32. The molecule has 2 saturated heterocycles. The van der Waals surface area contributed by atoms with Gasteiger partial charge in [0.1, 0.15) is 23.7 Å². The number of alkyl halides is 3. The Labute approximate surface area is 158 Å². The molecular formula is C12H14Cl3N2O5PS. The summed E-state index contributed by atoms with van der Waals surface area (Å²) in [4.78, 5) is 36.0. The molecule has 0 aromatic rings. The first-order chi connectivity index (χ1) is 11.2. The highest BCUT2D eigenvalue weighted by Crippen LogP contribution is 2.48. The van der Waals surface area contributed by atoms with Crippen molar-refractivity contribution in [3.8, 4) is 0 Å². The van der Waals surface area contributed by atoms with Crippen LogP contribution in [0.25, 0.3) is 0 Å². The van der Waals surface area contributed by atoms with Gasteiger partial charge in [-0.25, -0.2) is 9.88 Å². The first-order valence-corrected chi connectivity index (χ1v) is 10.3. The Balaban J connectivity index is 1.87. The number of ether oxygens (including phenoxy) is 1. The monoisotopic (exact) mass is 434 g/mol. The number of rotatable bonds is 2.